The molecule has 1 atom stereocenters. The maximum atomic E-state index is 14.2. The molecule has 1 fully saturated rings. The van der Waals surface area contributed by atoms with Crippen LogP contribution in [0.1, 0.15) is 63.5 Å². The number of amidine groups is 1. The molecule has 1 N–H and O–H groups in total. The van der Waals surface area contributed by atoms with E-state index in [4.69, 9.17) is 9.73 Å². The third kappa shape index (κ3) is 4.60. The zero-order chi connectivity index (χ0) is 22.7. The number of hydrogen-bond acceptors (Lipinski definition) is 6. The summed E-state index contributed by atoms with van der Waals surface area (Å²) < 4.78 is 19.2. The summed E-state index contributed by atoms with van der Waals surface area (Å²) >= 11 is 1.42. The Morgan fingerprint density at radius 2 is 2.06 bits per heavy atom. The van der Waals surface area contributed by atoms with Gasteiger partial charge in [-0.1, -0.05) is 50.1 Å². The summed E-state index contributed by atoms with van der Waals surface area (Å²) in [5.74, 6) is -0.934. The van der Waals surface area contributed by atoms with E-state index in [1.54, 1.807) is 12.1 Å². The normalized spacial score (nSPS) is 21.1. The van der Waals surface area contributed by atoms with Gasteiger partial charge in [0.05, 0.1) is 30.8 Å². The van der Waals surface area contributed by atoms with Gasteiger partial charge in [-0.25, -0.2) is 14.2 Å². The molecule has 32 heavy (non-hydrogen) atoms. The molecule has 0 spiro atoms. The molecule has 8 heteroatoms. The van der Waals surface area contributed by atoms with Crippen LogP contribution in [0, 0.1) is 5.82 Å². The van der Waals surface area contributed by atoms with Gasteiger partial charge in [0, 0.05) is 11.7 Å². The van der Waals surface area contributed by atoms with Gasteiger partial charge < -0.3 is 15.0 Å². The van der Waals surface area contributed by atoms with Crippen LogP contribution in [0.15, 0.2) is 51.6 Å². The van der Waals surface area contributed by atoms with E-state index < -0.39 is 12.0 Å². The molecule has 1 unspecified atom stereocenters. The molecule has 1 aromatic rings. The highest BCUT2D eigenvalue weighted by atomic mass is 32.2. The minimum Gasteiger partial charge on any atom is -0.466 e. The molecule has 0 radical (unpaired) electrons. The predicted molar refractivity (Wildman–Crippen MR) is 123 cm³/mol. The van der Waals surface area contributed by atoms with Crippen LogP contribution in [-0.2, 0) is 14.3 Å². The van der Waals surface area contributed by atoms with E-state index in [0.717, 1.165) is 31.4 Å². The van der Waals surface area contributed by atoms with Crippen LogP contribution in [0.25, 0.3) is 0 Å². The molecule has 0 aromatic heterocycles. The fraction of sp³-hybridized carbons (Fsp3) is 0.458. The summed E-state index contributed by atoms with van der Waals surface area (Å²) in [7, 11) is 1.33. The number of nitrogens with zero attached hydrogens (tertiary/aromatic N) is 2. The molecule has 170 valence electrons. The first kappa shape index (κ1) is 22.6. The highest BCUT2D eigenvalue weighted by Gasteiger charge is 2.41. The van der Waals surface area contributed by atoms with E-state index >= 15 is 0 Å². The van der Waals surface area contributed by atoms with Gasteiger partial charge in [-0.15, -0.1) is 0 Å². The summed E-state index contributed by atoms with van der Waals surface area (Å²) in [6, 6.07) is 5.82. The van der Waals surface area contributed by atoms with Crippen LogP contribution in [0.5, 0.6) is 0 Å². The first-order valence-corrected chi connectivity index (χ1v) is 12.0. The number of rotatable bonds is 6. The van der Waals surface area contributed by atoms with E-state index in [-0.39, 0.29) is 24.2 Å². The quantitative estimate of drug-likeness (QED) is 0.621. The molecule has 6 nitrogen and oxygen atoms in total. The maximum absolute atomic E-state index is 14.2. The van der Waals surface area contributed by atoms with Gasteiger partial charge in [0.25, 0.3) is 0 Å². The van der Waals surface area contributed by atoms with Crippen LogP contribution in [0.4, 0.5) is 4.39 Å². The summed E-state index contributed by atoms with van der Waals surface area (Å²) in [5.41, 5.74) is 2.36. The molecule has 0 saturated heterocycles. The molecule has 2 aliphatic heterocycles. The SMILES string of the molecule is CCC1=C(C(=O)OC)C(c2cccc(F)c2)N2C(CC(=O)NC3CCCCC3)=CSC2=N1. The minimum atomic E-state index is -0.607. The van der Waals surface area contributed by atoms with E-state index in [1.165, 1.54) is 37.4 Å². The van der Waals surface area contributed by atoms with Crippen molar-refractivity contribution in [3.63, 3.8) is 0 Å². The number of ether oxygens (including phenoxy) is 1. The average Bonchev–Trinajstić information content (AvgIpc) is 3.19. The van der Waals surface area contributed by atoms with Gasteiger partial charge in [0.1, 0.15) is 5.82 Å². The van der Waals surface area contributed by atoms with Crippen LogP contribution < -0.4 is 5.32 Å². The summed E-state index contributed by atoms with van der Waals surface area (Å²) in [6.45, 7) is 1.92. The number of carbonyl (C=O) groups excluding carboxylic acids is 2. The number of hydrogen-bond donors (Lipinski definition) is 1. The van der Waals surface area contributed by atoms with Crippen molar-refractivity contribution in [1.82, 2.24) is 10.2 Å². The van der Waals surface area contributed by atoms with Crippen molar-refractivity contribution in [3.05, 3.63) is 58.0 Å². The first-order valence-electron chi connectivity index (χ1n) is 11.1. The fourth-order valence-electron chi connectivity index (χ4n) is 4.59. The number of esters is 1. The number of aliphatic imine (C=N–C) groups is 1. The van der Waals surface area contributed by atoms with Crippen LogP contribution in [0.2, 0.25) is 0 Å². The Kier molecular flexibility index (Phi) is 6.98. The van der Waals surface area contributed by atoms with Crippen molar-refractivity contribution in [2.75, 3.05) is 7.11 Å². The Morgan fingerprint density at radius 3 is 2.75 bits per heavy atom. The highest BCUT2D eigenvalue weighted by Crippen LogP contribution is 2.45. The minimum absolute atomic E-state index is 0.0483. The lowest BCUT2D eigenvalue weighted by Gasteiger charge is -2.36. The van der Waals surface area contributed by atoms with Crippen molar-refractivity contribution >= 4 is 28.8 Å². The number of carbonyl (C=O) groups is 2. The number of nitrogens with one attached hydrogen (secondary N) is 1. The van der Waals surface area contributed by atoms with Gasteiger partial charge in [-0.2, -0.15) is 0 Å². The second-order valence-corrected chi connectivity index (χ2v) is 9.07. The van der Waals surface area contributed by atoms with Crippen LogP contribution >= 0.6 is 11.8 Å². The summed E-state index contributed by atoms with van der Waals surface area (Å²) in [6.07, 6.45) is 6.23. The lowest BCUT2D eigenvalue weighted by Crippen LogP contribution is -2.40. The molecular formula is C24H28FN3O3S. The number of allylic oxidation sites excluding steroid dienone is 1. The molecular weight excluding hydrogens is 429 g/mol. The fourth-order valence-corrected chi connectivity index (χ4v) is 5.53. The molecule has 4 rings (SSSR count). The molecule has 1 amide bonds. The standard InChI is InChI=1S/C24H28FN3O3S/c1-3-19-21(23(30)31-2)22(15-8-7-9-16(25)12-15)28-18(14-32-24(28)27-19)13-20(29)26-17-10-5-4-6-11-17/h7-9,12,14,17,22H,3-6,10-11,13H2,1-2H3,(H,26,29). The molecule has 1 aliphatic carbocycles. The van der Waals surface area contributed by atoms with Gasteiger partial charge in [-0.3, -0.25) is 4.79 Å². The third-order valence-electron chi connectivity index (χ3n) is 6.11. The lowest BCUT2D eigenvalue weighted by molar-refractivity contribution is -0.136. The smallest absolute Gasteiger partial charge is 0.338 e. The third-order valence-corrected chi connectivity index (χ3v) is 6.99. The van der Waals surface area contributed by atoms with E-state index in [1.807, 2.05) is 17.2 Å². The topological polar surface area (TPSA) is 71.0 Å². The number of thioether (sulfide) groups is 1. The first-order chi connectivity index (χ1) is 15.5. The van der Waals surface area contributed by atoms with Gasteiger partial charge in [0.15, 0.2) is 5.17 Å². The zero-order valence-electron chi connectivity index (χ0n) is 18.4. The summed E-state index contributed by atoms with van der Waals surface area (Å²) in [5, 5.41) is 5.74. The van der Waals surface area contributed by atoms with Gasteiger partial charge in [-0.05, 0) is 42.4 Å². The Morgan fingerprint density at radius 1 is 1.28 bits per heavy atom. The van der Waals surface area contributed by atoms with Crippen molar-refractivity contribution in [1.29, 1.82) is 0 Å². The number of methoxy groups -OCH3 is 1. The van der Waals surface area contributed by atoms with Crippen molar-refractivity contribution in [2.24, 2.45) is 4.99 Å². The van der Waals surface area contributed by atoms with Crippen molar-refractivity contribution in [2.45, 2.75) is 64.0 Å². The Hall–Kier alpha value is -2.61. The second-order valence-electron chi connectivity index (χ2n) is 8.23. The van der Waals surface area contributed by atoms with Crippen molar-refractivity contribution in [3.8, 4) is 0 Å². The molecule has 1 aromatic carbocycles. The van der Waals surface area contributed by atoms with Gasteiger partial charge in [0.2, 0.25) is 5.91 Å². The Bertz CT molecular complexity index is 998. The average molecular weight is 458 g/mol. The van der Waals surface area contributed by atoms with E-state index in [9.17, 15) is 14.0 Å². The van der Waals surface area contributed by atoms with Crippen molar-refractivity contribution < 1.29 is 18.7 Å². The molecule has 2 heterocycles. The molecule has 0 bridgehead atoms. The number of amides is 1. The van der Waals surface area contributed by atoms with E-state index in [0.29, 0.717) is 28.4 Å². The lowest BCUT2D eigenvalue weighted by atomic mass is 9.92. The van der Waals surface area contributed by atoms with Gasteiger partial charge >= 0.3 is 5.97 Å². The monoisotopic (exact) mass is 457 g/mol. The highest BCUT2D eigenvalue weighted by molar-refractivity contribution is 8.16. The Labute approximate surface area is 192 Å². The molecule has 3 aliphatic rings. The summed E-state index contributed by atoms with van der Waals surface area (Å²) in [4.78, 5) is 32.2. The largest absolute Gasteiger partial charge is 0.466 e. The number of fused-ring (bicyclic) bond motifs is 1. The van der Waals surface area contributed by atoms with Crippen LogP contribution in [0.3, 0.4) is 0 Å². The Balaban J connectivity index is 1.66. The predicted octanol–water partition coefficient (Wildman–Crippen LogP) is 4.80. The second kappa shape index (κ2) is 9.90. The number of benzene rings is 1. The van der Waals surface area contributed by atoms with E-state index in [2.05, 4.69) is 5.32 Å². The number of halogens is 1. The maximum Gasteiger partial charge on any atom is 0.338 e. The van der Waals surface area contributed by atoms with Crippen LogP contribution in [-0.4, -0.2) is 35.1 Å². The zero-order valence-corrected chi connectivity index (χ0v) is 19.2. The molecule has 1 saturated carbocycles.